The van der Waals surface area contributed by atoms with E-state index in [2.05, 4.69) is 10.6 Å². The van der Waals surface area contributed by atoms with Crippen molar-refractivity contribution < 1.29 is 4.79 Å². The molecule has 0 heterocycles. The van der Waals surface area contributed by atoms with Crippen molar-refractivity contribution in [2.45, 2.75) is 37.3 Å². The van der Waals surface area contributed by atoms with Gasteiger partial charge in [0.05, 0.1) is 0 Å². The maximum Gasteiger partial charge on any atom is 0.315 e. The smallest absolute Gasteiger partial charge is 0.315 e. The molecule has 68 valence electrons. The molecule has 2 bridgehead atoms. The molecule has 3 aliphatic carbocycles. The van der Waals surface area contributed by atoms with Crippen molar-refractivity contribution in [2.75, 3.05) is 6.54 Å². The van der Waals surface area contributed by atoms with Gasteiger partial charge in [-0.1, -0.05) is 0 Å². The van der Waals surface area contributed by atoms with Crippen LogP contribution in [0.1, 0.15) is 26.2 Å². The van der Waals surface area contributed by atoms with Crippen molar-refractivity contribution >= 4 is 6.03 Å². The molecule has 0 aromatic carbocycles. The maximum atomic E-state index is 11.1. The van der Waals surface area contributed by atoms with Gasteiger partial charge in [0.15, 0.2) is 0 Å². The van der Waals surface area contributed by atoms with E-state index in [1.54, 1.807) is 0 Å². The fourth-order valence-corrected chi connectivity index (χ4v) is 2.44. The summed E-state index contributed by atoms with van der Waals surface area (Å²) in [6.07, 6.45) is 2.87. The summed E-state index contributed by atoms with van der Waals surface area (Å²) in [4.78, 5) is 11.1. The third kappa shape index (κ3) is 0.982. The summed E-state index contributed by atoms with van der Waals surface area (Å²) in [6, 6.07) is -0.0562. The van der Waals surface area contributed by atoms with Crippen LogP contribution in [-0.2, 0) is 0 Å². The first kappa shape index (κ1) is 7.86. The highest BCUT2D eigenvalue weighted by molar-refractivity contribution is 5.75. The van der Waals surface area contributed by atoms with Gasteiger partial charge in [-0.2, -0.15) is 0 Å². The van der Waals surface area contributed by atoms with E-state index < -0.39 is 0 Å². The molecule has 12 heavy (non-hydrogen) atoms. The molecule has 4 heteroatoms. The van der Waals surface area contributed by atoms with Crippen LogP contribution in [0.5, 0.6) is 0 Å². The zero-order chi connectivity index (χ0) is 8.82. The lowest BCUT2D eigenvalue weighted by molar-refractivity contribution is -0.0689. The van der Waals surface area contributed by atoms with Crippen molar-refractivity contribution in [3.63, 3.8) is 0 Å². The Morgan fingerprint density at radius 2 is 2.08 bits per heavy atom. The molecule has 3 fully saturated rings. The number of hydrogen-bond acceptors (Lipinski definition) is 2. The van der Waals surface area contributed by atoms with Crippen LogP contribution >= 0.6 is 0 Å². The van der Waals surface area contributed by atoms with Crippen molar-refractivity contribution in [2.24, 2.45) is 5.73 Å². The van der Waals surface area contributed by atoms with Gasteiger partial charge in [-0.05, 0) is 26.2 Å². The molecule has 0 atom stereocenters. The number of rotatable bonds is 2. The van der Waals surface area contributed by atoms with E-state index >= 15 is 0 Å². The number of amides is 2. The summed E-state index contributed by atoms with van der Waals surface area (Å²) in [6.45, 7) is 2.59. The van der Waals surface area contributed by atoms with E-state index in [4.69, 9.17) is 5.73 Å². The standard InChI is InChI=1S/C8H15N3O/c1-2-10-6(12)11-8-3-7(9,4-8)5-8/h2-5,9H2,1H3,(H2,10,11,12). The van der Waals surface area contributed by atoms with Crippen LogP contribution in [0.25, 0.3) is 0 Å². The second kappa shape index (κ2) is 2.13. The predicted octanol–water partition coefficient (Wildman–Crippen LogP) is -0.0607. The number of carbonyl (C=O) groups is 1. The molecule has 0 aliphatic heterocycles. The van der Waals surface area contributed by atoms with Crippen LogP contribution in [0.4, 0.5) is 4.79 Å². The van der Waals surface area contributed by atoms with Crippen LogP contribution in [0.2, 0.25) is 0 Å². The molecular weight excluding hydrogens is 154 g/mol. The normalized spacial score (nSPS) is 42.5. The molecule has 0 saturated heterocycles. The Labute approximate surface area is 71.9 Å². The first-order chi connectivity index (χ1) is 5.58. The summed E-state index contributed by atoms with van der Waals surface area (Å²) >= 11 is 0. The van der Waals surface area contributed by atoms with Gasteiger partial charge in [-0.25, -0.2) is 4.79 Å². The zero-order valence-electron chi connectivity index (χ0n) is 7.31. The molecule has 3 aliphatic rings. The fourth-order valence-electron chi connectivity index (χ4n) is 2.44. The molecule has 0 spiro atoms. The van der Waals surface area contributed by atoms with E-state index in [9.17, 15) is 4.79 Å². The fraction of sp³-hybridized carbons (Fsp3) is 0.875. The van der Waals surface area contributed by atoms with Gasteiger partial charge < -0.3 is 16.4 Å². The molecule has 4 nitrogen and oxygen atoms in total. The van der Waals surface area contributed by atoms with Gasteiger partial charge in [-0.15, -0.1) is 0 Å². The molecule has 2 amide bonds. The summed E-state index contributed by atoms with van der Waals surface area (Å²) in [5.41, 5.74) is 5.98. The van der Waals surface area contributed by atoms with Gasteiger partial charge in [0.2, 0.25) is 0 Å². The Morgan fingerprint density at radius 1 is 1.50 bits per heavy atom. The van der Waals surface area contributed by atoms with Crippen LogP contribution < -0.4 is 16.4 Å². The summed E-state index contributed by atoms with van der Waals surface area (Å²) in [5.74, 6) is 0. The van der Waals surface area contributed by atoms with E-state index in [1.165, 1.54) is 0 Å². The number of nitrogens with two attached hydrogens (primary N) is 1. The largest absolute Gasteiger partial charge is 0.338 e. The van der Waals surface area contributed by atoms with Crippen molar-refractivity contribution in [1.29, 1.82) is 0 Å². The van der Waals surface area contributed by atoms with Crippen molar-refractivity contribution in [3.8, 4) is 0 Å². The van der Waals surface area contributed by atoms with Gasteiger partial charge in [-0.3, -0.25) is 0 Å². The number of nitrogens with one attached hydrogen (secondary N) is 2. The predicted molar refractivity (Wildman–Crippen MR) is 45.7 cm³/mol. The van der Waals surface area contributed by atoms with Gasteiger partial charge >= 0.3 is 6.03 Å². The zero-order valence-corrected chi connectivity index (χ0v) is 7.31. The highest BCUT2D eigenvalue weighted by Crippen LogP contribution is 2.58. The van der Waals surface area contributed by atoms with Gasteiger partial charge in [0, 0.05) is 17.6 Å². The van der Waals surface area contributed by atoms with E-state index in [1.807, 2.05) is 6.92 Å². The van der Waals surface area contributed by atoms with Crippen molar-refractivity contribution in [3.05, 3.63) is 0 Å². The number of hydrogen-bond donors (Lipinski definition) is 3. The Bertz CT molecular complexity index is 207. The Kier molecular flexibility index (Phi) is 1.39. The molecule has 3 saturated carbocycles. The molecular formula is C8H15N3O. The van der Waals surface area contributed by atoms with E-state index in [0.717, 1.165) is 19.3 Å². The lowest BCUT2D eigenvalue weighted by Gasteiger charge is -2.68. The second-order valence-corrected chi connectivity index (χ2v) is 4.16. The Balaban J connectivity index is 1.79. The first-order valence-electron chi connectivity index (χ1n) is 4.42. The Hall–Kier alpha value is -0.770. The summed E-state index contributed by atoms with van der Waals surface area (Å²) in [7, 11) is 0. The highest BCUT2D eigenvalue weighted by atomic mass is 16.2. The van der Waals surface area contributed by atoms with Crippen molar-refractivity contribution in [1.82, 2.24) is 10.6 Å². The average Bonchev–Trinajstić information content (AvgIpc) is 1.82. The van der Waals surface area contributed by atoms with E-state index in [-0.39, 0.29) is 17.1 Å². The second-order valence-electron chi connectivity index (χ2n) is 4.16. The molecule has 0 unspecified atom stereocenters. The average molecular weight is 169 g/mol. The quantitative estimate of drug-likeness (QED) is 0.542. The monoisotopic (exact) mass is 169 g/mol. The van der Waals surface area contributed by atoms with Gasteiger partial charge in [0.25, 0.3) is 0 Å². The SMILES string of the molecule is CCNC(=O)NC12CC(N)(C1)C2. The number of carbonyl (C=O) groups excluding carboxylic acids is 1. The minimum absolute atomic E-state index is 0.0562. The minimum Gasteiger partial charge on any atom is -0.338 e. The minimum atomic E-state index is -0.0562. The molecule has 4 N–H and O–H groups in total. The maximum absolute atomic E-state index is 11.1. The van der Waals surface area contributed by atoms with Crippen LogP contribution in [-0.4, -0.2) is 23.7 Å². The number of urea groups is 1. The molecule has 3 rings (SSSR count). The summed E-state index contributed by atoms with van der Waals surface area (Å²) < 4.78 is 0. The first-order valence-corrected chi connectivity index (χ1v) is 4.42. The third-order valence-corrected chi connectivity index (χ3v) is 2.79. The lowest BCUT2D eigenvalue weighted by atomic mass is 9.45. The molecule has 0 aromatic rings. The Morgan fingerprint density at radius 3 is 2.50 bits per heavy atom. The topological polar surface area (TPSA) is 67.2 Å². The molecule has 0 radical (unpaired) electrons. The van der Waals surface area contributed by atoms with E-state index in [0.29, 0.717) is 6.54 Å². The highest BCUT2D eigenvalue weighted by Gasteiger charge is 2.66. The van der Waals surface area contributed by atoms with Gasteiger partial charge in [0.1, 0.15) is 0 Å². The third-order valence-electron chi connectivity index (χ3n) is 2.79. The van der Waals surface area contributed by atoms with Crippen LogP contribution in [0, 0.1) is 0 Å². The molecule has 0 aromatic heterocycles. The summed E-state index contributed by atoms with van der Waals surface area (Å²) in [5, 5.41) is 5.67. The lowest BCUT2D eigenvalue weighted by Crippen LogP contribution is -2.82. The van der Waals surface area contributed by atoms with Crippen LogP contribution in [0.3, 0.4) is 0 Å². The van der Waals surface area contributed by atoms with Crippen LogP contribution in [0.15, 0.2) is 0 Å².